The Hall–Kier alpha value is -1.41. The van der Waals surface area contributed by atoms with Gasteiger partial charge in [-0.2, -0.15) is 0 Å². The summed E-state index contributed by atoms with van der Waals surface area (Å²) in [5.41, 5.74) is 0.335. The molecule has 0 aromatic heterocycles. The minimum absolute atomic E-state index is 0.0277. The third-order valence-corrected chi connectivity index (χ3v) is 5.11. The maximum Gasteiger partial charge on any atom is 0.335 e. The molecule has 0 aliphatic carbocycles. The normalized spacial score (nSPS) is 10.3. The predicted molar refractivity (Wildman–Crippen MR) is 92.8 cm³/mol. The van der Waals surface area contributed by atoms with Crippen LogP contribution in [0, 0.1) is 18.8 Å². The fourth-order valence-corrected chi connectivity index (χ4v) is 3.08. The number of carboxylic acids is 2. The smallest absolute Gasteiger partial charge is 0.335 e. The molecule has 0 aliphatic rings. The highest BCUT2D eigenvalue weighted by Crippen LogP contribution is 2.18. The van der Waals surface area contributed by atoms with Crippen LogP contribution in [0.3, 0.4) is 0 Å². The topological polar surface area (TPSA) is 74.6 Å². The Kier molecular flexibility index (Phi) is 9.68. The summed E-state index contributed by atoms with van der Waals surface area (Å²) in [5, 5.41) is 17.4. The molecule has 1 rings (SSSR count). The minimum Gasteiger partial charge on any atom is -0.478 e. The lowest BCUT2D eigenvalue weighted by Gasteiger charge is -2.06. The second-order valence-electron chi connectivity index (χ2n) is 6.03. The lowest BCUT2D eigenvalue weighted by molar-refractivity contribution is 0.0696. The van der Waals surface area contributed by atoms with Crippen molar-refractivity contribution in [2.24, 2.45) is 11.8 Å². The Bertz CT molecular complexity index is 455. The van der Waals surface area contributed by atoms with Crippen LogP contribution in [0.2, 0.25) is 0 Å². The Morgan fingerprint density at radius 1 is 0.955 bits per heavy atom. The number of benzene rings is 1. The van der Waals surface area contributed by atoms with Crippen molar-refractivity contribution < 1.29 is 19.8 Å². The minimum atomic E-state index is -1.11. The number of aromatic carboxylic acids is 2. The van der Waals surface area contributed by atoms with Gasteiger partial charge >= 0.3 is 11.9 Å². The Labute approximate surface area is 134 Å². The van der Waals surface area contributed by atoms with Crippen molar-refractivity contribution in [3.63, 3.8) is 0 Å². The van der Waals surface area contributed by atoms with E-state index in [-0.39, 0.29) is 16.7 Å². The summed E-state index contributed by atoms with van der Waals surface area (Å²) in [6.07, 6.45) is 2.86. The summed E-state index contributed by atoms with van der Waals surface area (Å²) in [4.78, 5) is 21.2. The van der Waals surface area contributed by atoms with Gasteiger partial charge < -0.3 is 10.2 Å². The number of carbonyl (C=O) groups is 2. The van der Waals surface area contributed by atoms with E-state index in [0.29, 0.717) is 0 Å². The molecule has 0 spiro atoms. The highest BCUT2D eigenvalue weighted by atomic mass is 31.1. The van der Waals surface area contributed by atoms with Gasteiger partial charge in [0.25, 0.3) is 0 Å². The van der Waals surface area contributed by atoms with Crippen molar-refractivity contribution in [3.8, 4) is 0 Å². The molecule has 0 aliphatic heterocycles. The number of hydrogen-bond acceptors (Lipinski definition) is 2. The molecular formula is C17H27O4P. The molecule has 0 radical (unpaired) electrons. The van der Waals surface area contributed by atoms with Crippen LogP contribution in [0.5, 0.6) is 0 Å². The molecule has 0 unspecified atom stereocenters. The summed E-state index contributed by atoms with van der Waals surface area (Å²) >= 11 is 0. The first-order valence-electron chi connectivity index (χ1n) is 7.43. The third-order valence-electron chi connectivity index (χ3n) is 2.90. The molecule has 0 atom stereocenters. The maximum absolute atomic E-state index is 10.6. The quantitative estimate of drug-likeness (QED) is 0.761. The van der Waals surface area contributed by atoms with E-state index in [2.05, 4.69) is 27.7 Å². The first-order chi connectivity index (χ1) is 10.2. The van der Waals surface area contributed by atoms with Gasteiger partial charge in [-0.25, -0.2) is 9.59 Å². The average molecular weight is 326 g/mol. The van der Waals surface area contributed by atoms with Crippen LogP contribution in [-0.4, -0.2) is 34.5 Å². The highest BCUT2D eigenvalue weighted by molar-refractivity contribution is 7.37. The second kappa shape index (κ2) is 10.3. The molecule has 4 nitrogen and oxygen atoms in total. The molecule has 1 aromatic carbocycles. The fraction of sp³-hybridized carbons (Fsp3) is 0.529. The van der Waals surface area contributed by atoms with E-state index in [4.69, 9.17) is 10.2 Å². The highest BCUT2D eigenvalue weighted by Gasteiger charge is 2.13. The molecule has 0 fully saturated rings. The molecule has 0 bridgehead atoms. The van der Waals surface area contributed by atoms with Crippen molar-refractivity contribution in [2.75, 3.05) is 12.3 Å². The third kappa shape index (κ3) is 8.14. The van der Waals surface area contributed by atoms with Crippen LogP contribution < -0.4 is 0 Å². The standard InChI is InChI=1S/C9H8O4.C8H19P/c1-5-6(8(10)11)3-2-4-7(5)9(12)13;1-7(2)5-9-6-8(3)4/h2-4H,1H3,(H,10,11)(H,12,13);7-9H,5-6H2,1-4H3. The average Bonchev–Trinajstić information content (AvgIpc) is 2.38. The van der Waals surface area contributed by atoms with Gasteiger partial charge in [-0.1, -0.05) is 33.8 Å². The van der Waals surface area contributed by atoms with Gasteiger partial charge in [0.15, 0.2) is 0 Å². The van der Waals surface area contributed by atoms with E-state index >= 15 is 0 Å². The van der Waals surface area contributed by atoms with Crippen LogP contribution in [0.1, 0.15) is 54.0 Å². The van der Waals surface area contributed by atoms with Gasteiger partial charge in [0, 0.05) is 0 Å². The van der Waals surface area contributed by atoms with Gasteiger partial charge in [-0.15, -0.1) is 8.58 Å². The SMILES string of the molecule is CC(C)CPCC(C)C.Cc1c(C(=O)O)cccc1C(=O)O. The number of hydrogen-bond donors (Lipinski definition) is 2. The lowest BCUT2D eigenvalue weighted by atomic mass is 10.0. The predicted octanol–water partition coefficient (Wildman–Crippen LogP) is 4.37. The molecule has 1 aromatic rings. The van der Waals surface area contributed by atoms with Crippen LogP contribution >= 0.6 is 8.58 Å². The molecule has 124 valence electrons. The summed E-state index contributed by atoms with van der Waals surface area (Å²) in [6.45, 7) is 10.7. The molecule has 0 saturated carbocycles. The van der Waals surface area contributed by atoms with E-state index in [0.717, 1.165) is 11.8 Å². The molecule has 0 saturated heterocycles. The zero-order valence-corrected chi connectivity index (χ0v) is 15.0. The van der Waals surface area contributed by atoms with E-state index in [1.54, 1.807) is 0 Å². The lowest BCUT2D eigenvalue weighted by Crippen LogP contribution is -2.06. The van der Waals surface area contributed by atoms with Crippen LogP contribution in [-0.2, 0) is 0 Å². The molecule has 2 N–H and O–H groups in total. The van der Waals surface area contributed by atoms with Gasteiger partial charge in [-0.05, 0) is 48.8 Å². The van der Waals surface area contributed by atoms with Gasteiger partial charge in [0.05, 0.1) is 11.1 Å². The van der Waals surface area contributed by atoms with Gasteiger partial charge in [0.2, 0.25) is 0 Å². The van der Waals surface area contributed by atoms with E-state index in [1.165, 1.54) is 46.0 Å². The Morgan fingerprint density at radius 2 is 1.32 bits per heavy atom. The van der Waals surface area contributed by atoms with Crippen LogP contribution in [0.4, 0.5) is 0 Å². The van der Waals surface area contributed by atoms with Crippen molar-refractivity contribution in [1.82, 2.24) is 0 Å². The second-order valence-corrected chi connectivity index (χ2v) is 7.35. The van der Waals surface area contributed by atoms with Crippen molar-refractivity contribution in [3.05, 3.63) is 34.9 Å². The monoisotopic (exact) mass is 326 g/mol. The summed E-state index contributed by atoms with van der Waals surface area (Å²) in [6, 6.07) is 4.17. The van der Waals surface area contributed by atoms with Crippen molar-refractivity contribution >= 4 is 20.5 Å². The first-order valence-corrected chi connectivity index (χ1v) is 8.85. The summed E-state index contributed by atoms with van der Waals surface area (Å²) in [5.74, 6) is -0.412. The van der Waals surface area contributed by atoms with E-state index in [1.807, 2.05) is 0 Å². The number of carboxylic acid groups (broad SMARTS) is 2. The first kappa shape index (κ1) is 20.6. The van der Waals surface area contributed by atoms with E-state index < -0.39 is 11.9 Å². The van der Waals surface area contributed by atoms with Crippen molar-refractivity contribution in [1.29, 1.82) is 0 Å². The van der Waals surface area contributed by atoms with E-state index in [9.17, 15) is 9.59 Å². The Morgan fingerprint density at radius 3 is 1.59 bits per heavy atom. The maximum atomic E-state index is 10.6. The fourth-order valence-electron chi connectivity index (χ4n) is 1.76. The zero-order chi connectivity index (χ0) is 17.3. The molecule has 0 amide bonds. The van der Waals surface area contributed by atoms with Crippen LogP contribution in [0.15, 0.2) is 18.2 Å². The summed E-state index contributed by atoms with van der Waals surface area (Å²) in [7, 11) is 1.19. The largest absolute Gasteiger partial charge is 0.478 e. The molecule has 22 heavy (non-hydrogen) atoms. The molecular weight excluding hydrogens is 299 g/mol. The molecule has 0 heterocycles. The summed E-state index contributed by atoms with van der Waals surface area (Å²) < 4.78 is 0. The van der Waals surface area contributed by atoms with Gasteiger partial charge in [-0.3, -0.25) is 0 Å². The van der Waals surface area contributed by atoms with Crippen LogP contribution in [0.25, 0.3) is 0 Å². The Balaban J connectivity index is 0.000000433. The van der Waals surface area contributed by atoms with Crippen molar-refractivity contribution in [2.45, 2.75) is 34.6 Å². The zero-order valence-electron chi connectivity index (χ0n) is 14.0. The molecule has 5 heteroatoms. The number of rotatable bonds is 6. The van der Waals surface area contributed by atoms with Gasteiger partial charge in [0.1, 0.15) is 0 Å².